The van der Waals surface area contributed by atoms with Crippen LogP contribution in [0.4, 0.5) is 4.39 Å². The van der Waals surface area contributed by atoms with Crippen LogP contribution >= 0.6 is 0 Å². The molecule has 1 aromatic carbocycles. The Morgan fingerprint density at radius 1 is 1.33 bits per heavy atom. The number of halogens is 1. The minimum absolute atomic E-state index is 0.167. The molecule has 0 spiro atoms. The maximum absolute atomic E-state index is 12.7. The van der Waals surface area contributed by atoms with Crippen molar-refractivity contribution >= 4 is 12.0 Å². The monoisotopic (exact) mass is 250 g/mol. The van der Waals surface area contributed by atoms with Gasteiger partial charge in [0.15, 0.2) is 0 Å². The summed E-state index contributed by atoms with van der Waals surface area (Å²) in [6, 6.07) is 6.14. The van der Waals surface area contributed by atoms with E-state index in [4.69, 9.17) is 4.74 Å². The first-order valence-electron chi connectivity index (χ1n) is 6.15. The van der Waals surface area contributed by atoms with Gasteiger partial charge in [-0.2, -0.15) is 0 Å². The second kappa shape index (κ2) is 6.94. The van der Waals surface area contributed by atoms with Crippen LogP contribution in [0.15, 0.2) is 30.3 Å². The zero-order chi connectivity index (χ0) is 13.5. The Kier molecular flexibility index (Phi) is 5.56. The van der Waals surface area contributed by atoms with Gasteiger partial charge in [-0.25, -0.2) is 4.39 Å². The third-order valence-electron chi connectivity index (χ3n) is 2.64. The van der Waals surface area contributed by atoms with Gasteiger partial charge < -0.3 is 4.74 Å². The molecule has 0 aromatic heterocycles. The van der Waals surface area contributed by atoms with Crippen molar-refractivity contribution in [1.82, 2.24) is 0 Å². The molecule has 0 heterocycles. The minimum Gasteiger partial charge on any atom is -0.466 e. The fourth-order valence-corrected chi connectivity index (χ4v) is 1.60. The molecule has 98 valence electrons. The van der Waals surface area contributed by atoms with Gasteiger partial charge in [0.2, 0.25) is 0 Å². The number of rotatable bonds is 5. The zero-order valence-corrected chi connectivity index (χ0v) is 11.0. The van der Waals surface area contributed by atoms with Gasteiger partial charge >= 0.3 is 5.97 Å². The fourth-order valence-electron chi connectivity index (χ4n) is 1.60. The van der Waals surface area contributed by atoms with Crippen LogP contribution in [0.1, 0.15) is 26.3 Å². The Morgan fingerprint density at radius 2 is 1.94 bits per heavy atom. The predicted octanol–water partition coefficient (Wildman–Crippen LogP) is 3.67. The van der Waals surface area contributed by atoms with E-state index < -0.39 is 0 Å². The molecule has 0 aliphatic heterocycles. The van der Waals surface area contributed by atoms with E-state index in [2.05, 4.69) is 0 Å². The van der Waals surface area contributed by atoms with Gasteiger partial charge in [0.25, 0.3) is 0 Å². The smallest absolute Gasteiger partial charge is 0.313 e. The van der Waals surface area contributed by atoms with Gasteiger partial charge in [-0.3, -0.25) is 4.79 Å². The molecule has 0 amide bonds. The summed E-state index contributed by atoms with van der Waals surface area (Å²) in [6.45, 7) is 6.11. The lowest BCUT2D eigenvalue weighted by Crippen LogP contribution is -2.20. The van der Waals surface area contributed by atoms with E-state index in [9.17, 15) is 9.18 Å². The Bertz CT molecular complexity index is 407. The zero-order valence-electron chi connectivity index (χ0n) is 11.0. The van der Waals surface area contributed by atoms with E-state index in [1.807, 2.05) is 26.0 Å². The molecule has 18 heavy (non-hydrogen) atoms. The number of hydrogen-bond donors (Lipinski definition) is 0. The molecule has 0 fully saturated rings. The third kappa shape index (κ3) is 4.32. The quantitative estimate of drug-likeness (QED) is 0.745. The molecule has 0 aliphatic carbocycles. The highest BCUT2D eigenvalue weighted by Gasteiger charge is 2.20. The highest BCUT2D eigenvalue weighted by molar-refractivity contribution is 5.76. The lowest BCUT2D eigenvalue weighted by molar-refractivity contribution is -0.147. The van der Waals surface area contributed by atoms with Crippen LogP contribution in [0.25, 0.3) is 6.08 Å². The number of esters is 1. The lowest BCUT2D eigenvalue weighted by atomic mass is 9.95. The van der Waals surface area contributed by atoms with E-state index in [0.717, 1.165) is 5.56 Å². The summed E-state index contributed by atoms with van der Waals surface area (Å²) >= 11 is 0. The van der Waals surface area contributed by atoms with E-state index >= 15 is 0 Å². The number of carbonyl (C=O) groups is 1. The lowest BCUT2D eigenvalue weighted by Gasteiger charge is -2.15. The first-order chi connectivity index (χ1) is 8.54. The Balaban J connectivity index is 2.77. The van der Waals surface area contributed by atoms with Crippen molar-refractivity contribution in [2.75, 3.05) is 6.61 Å². The predicted molar refractivity (Wildman–Crippen MR) is 70.4 cm³/mol. The number of ether oxygens (including phenoxy) is 1. The molecule has 1 rings (SSSR count). The Labute approximate surface area is 107 Å². The highest BCUT2D eigenvalue weighted by atomic mass is 19.1. The standard InChI is InChI=1S/C15H19FO2/c1-4-18-15(17)14(11(2)3)10-7-12-5-8-13(16)9-6-12/h5-11,14H,4H2,1-3H3/b10-7+. The molecule has 0 saturated carbocycles. The maximum Gasteiger partial charge on any atom is 0.313 e. The van der Waals surface area contributed by atoms with Crippen LogP contribution in [-0.2, 0) is 9.53 Å². The van der Waals surface area contributed by atoms with Crippen molar-refractivity contribution in [2.24, 2.45) is 11.8 Å². The van der Waals surface area contributed by atoms with E-state index in [-0.39, 0.29) is 23.6 Å². The van der Waals surface area contributed by atoms with Crippen molar-refractivity contribution in [3.05, 3.63) is 41.7 Å². The van der Waals surface area contributed by atoms with Crippen LogP contribution in [-0.4, -0.2) is 12.6 Å². The Hall–Kier alpha value is -1.64. The summed E-state index contributed by atoms with van der Waals surface area (Å²) in [5, 5.41) is 0. The van der Waals surface area contributed by atoms with Gasteiger partial charge in [0.05, 0.1) is 12.5 Å². The summed E-state index contributed by atoms with van der Waals surface area (Å²) in [5.74, 6) is -0.584. The molecule has 3 heteroatoms. The molecular weight excluding hydrogens is 231 g/mol. The van der Waals surface area contributed by atoms with E-state index in [1.165, 1.54) is 12.1 Å². The average molecular weight is 250 g/mol. The van der Waals surface area contributed by atoms with Crippen LogP contribution in [0.5, 0.6) is 0 Å². The van der Waals surface area contributed by atoms with Crippen molar-refractivity contribution in [1.29, 1.82) is 0 Å². The van der Waals surface area contributed by atoms with Gasteiger partial charge in [0, 0.05) is 0 Å². The van der Waals surface area contributed by atoms with Crippen LogP contribution < -0.4 is 0 Å². The maximum atomic E-state index is 12.7. The van der Waals surface area contributed by atoms with Crippen molar-refractivity contribution in [3.63, 3.8) is 0 Å². The van der Waals surface area contributed by atoms with Gasteiger partial charge in [-0.1, -0.05) is 38.1 Å². The van der Waals surface area contributed by atoms with E-state index in [0.29, 0.717) is 6.61 Å². The topological polar surface area (TPSA) is 26.3 Å². The second-order valence-corrected chi connectivity index (χ2v) is 4.43. The molecule has 0 saturated heterocycles. The molecule has 0 bridgehead atoms. The summed E-state index contributed by atoms with van der Waals surface area (Å²) in [6.07, 6.45) is 3.64. The molecule has 1 aromatic rings. The minimum atomic E-state index is -0.269. The van der Waals surface area contributed by atoms with Crippen molar-refractivity contribution < 1.29 is 13.9 Å². The molecule has 1 atom stereocenters. The van der Waals surface area contributed by atoms with Gasteiger partial charge in [-0.15, -0.1) is 0 Å². The largest absolute Gasteiger partial charge is 0.466 e. The Morgan fingerprint density at radius 3 is 2.44 bits per heavy atom. The number of carbonyl (C=O) groups excluding carboxylic acids is 1. The number of hydrogen-bond acceptors (Lipinski definition) is 2. The summed E-state index contributed by atoms with van der Waals surface area (Å²) in [5.41, 5.74) is 0.867. The molecule has 1 unspecified atom stereocenters. The van der Waals surface area contributed by atoms with E-state index in [1.54, 1.807) is 19.1 Å². The molecular formula is C15H19FO2. The van der Waals surface area contributed by atoms with Crippen molar-refractivity contribution in [3.8, 4) is 0 Å². The average Bonchev–Trinajstić information content (AvgIpc) is 2.31. The summed E-state index contributed by atoms with van der Waals surface area (Å²) in [4.78, 5) is 11.7. The van der Waals surface area contributed by atoms with Gasteiger partial charge in [0.1, 0.15) is 5.82 Å². The fraction of sp³-hybridized carbons (Fsp3) is 0.400. The normalized spacial score (nSPS) is 12.9. The van der Waals surface area contributed by atoms with Gasteiger partial charge in [-0.05, 0) is 30.5 Å². The van der Waals surface area contributed by atoms with Crippen molar-refractivity contribution in [2.45, 2.75) is 20.8 Å². The highest BCUT2D eigenvalue weighted by Crippen LogP contribution is 2.16. The van der Waals surface area contributed by atoms with Crippen LogP contribution in [0.3, 0.4) is 0 Å². The first kappa shape index (κ1) is 14.4. The number of benzene rings is 1. The van der Waals surface area contributed by atoms with Crippen LogP contribution in [0, 0.1) is 17.7 Å². The summed E-state index contributed by atoms with van der Waals surface area (Å²) in [7, 11) is 0. The second-order valence-electron chi connectivity index (χ2n) is 4.43. The summed E-state index contributed by atoms with van der Waals surface area (Å²) < 4.78 is 17.8. The molecule has 2 nitrogen and oxygen atoms in total. The SMILES string of the molecule is CCOC(=O)C(/C=C/c1ccc(F)cc1)C(C)C. The molecule has 0 N–H and O–H groups in total. The first-order valence-corrected chi connectivity index (χ1v) is 6.15. The molecule has 0 aliphatic rings. The molecule has 0 radical (unpaired) electrons. The third-order valence-corrected chi connectivity index (χ3v) is 2.64. The van der Waals surface area contributed by atoms with Crippen LogP contribution in [0.2, 0.25) is 0 Å².